The fourth-order valence-corrected chi connectivity index (χ4v) is 10.6. The van der Waals surface area contributed by atoms with E-state index in [-0.39, 0.29) is 53.9 Å². The number of fused-ring (bicyclic) bond motifs is 2. The van der Waals surface area contributed by atoms with Crippen LogP contribution in [0.15, 0.2) is 52.6 Å². The lowest BCUT2D eigenvalue weighted by Crippen LogP contribution is -2.49. The summed E-state index contributed by atoms with van der Waals surface area (Å²) in [7, 11) is -9.29. The molecule has 2 unspecified atom stereocenters. The summed E-state index contributed by atoms with van der Waals surface area (Å²) in [5, 5.41) is 27.9. The maximum Gasteiger partial charge on any atom is 0.407 e. The molecule has 2 fully saturated rings. The van der Waals surface area contributed by atoms with Gasteiger partial charge in [0.1, 0.15) is 43.2 Å². The number of nitriles is 1. The molecule has 0 aliphatic carbocycles. The molecule has 2 aliphatic rings. The van der Waals surface area contributed by atoms with Gasteiger partial charge in [-0.3, -0.25) is 53.5 Å². The number of aromatic nitrogens is 8. The number of aliphatic hydroxyl groups excluding tert-OH is 1. The van der Waals surface area contributed by atoms with Crippen LogP contribution in [0.5, 0.6) is 0 Å². The summed E-state index contributed by atoms with van der Waals surface area (Å²) >= 11 is 0. The SMILES string of the molecule is CC(C)C(=O)Nc1nc2c(ncn2[C@@H]2O[C@H](COP(OCCC#N)O[C@H]3[C@@H](O[Si](C)(C)C(C)(C)C)[C@H](n4cnc5c(=O)[nH]c(NC(=O)C(C)C)nc54)O[C@@H]3CO)[C@@H](O[PH](=O)O)[C@H]2NC(=O)OCc2ccccc2)c(=O)[nH]1. The van der Waals surface area contributed by atoms with Gasteiger partial charge in [0, 0.05) is 11.8 Å². The van der Waals surface area contributed by atoms with Crippen LogP contribution in [0.25, 0.3) is 22.3 Å². The van der Waals surface area contributed by atoms with E-state index in [1.807, 2.05) is 39.9 Å². The molecule has 7 N–H and O–H groups in total. The summed E-state index contributed by atoms with van der Waals surface area (Å²) in [5.74, 6) is -2.19. The zero-order valence-corrected chi connectivity index (χ0v) is 45.9. The van der Waals surface area contributed by atoms with Gasteiger partial charge in [0.15, 0.2) is 43.1 Å². The van der Waals surface area contributed by atoms with Gasteiger partial charge in [-0.05, 0) is 23.7 Å². The first kappa shape index (κ1) is 57.8. The quantitative estimate of drug-likeness (QED) is 0.0289. The fourth-order valence-electron chi connectivity index (χ4n) is 7.64. The summed E-state index contributed by atoms with van der Waals surface area (Å²) in [6.45, 7) is 15.0. The van der Waals surface area contributed by atoms with E-state index in [0.29, 0.717) is 5.56 Å². The number of imidazole rings is 2. The number of nitrogens with zero attached hydrogens (tertiary/aromatic N) is 7. The number of ether oxygens (including phenoxy) is 3. The average Bonchev–Trinajstić information content (AvgIpc) is 4.17. The Bertz CT molecular complexity index is 3050. The predicted octanol–water partition coefficient (Wildman–Crippen LogP) is 4.24. The molecule has 76 heavy (non-hydrogen) atoms. The van der Waals surface area contributed by atoms with Gasteiger partial charge in [-0.15, -0.1) is 0 Å². The number of hydrogen-bond donors (Lipinski definition) is 7. The van der Waals surface area contributed by atoms with Crippen molar-refractivity contribution < 1.29 is 65.7 Å². The van der Waals surface area contributed by atoms with Gasteiger partial charge >= 0.3 is 23.0 Å². The number of alkyl carbamates (subject to hydrolysis) is 1. The second kappa shape index (κ2) is 24.6. The number of rotatable bonds is 22. The summed E-state index contributed by atoms with van der Waals surface area (Å²) in [6.07, 6.45) is -7.67. The largest absolute Gasteiger partial charge is 0.445 e. The number of hydrogen-bond acceptors (Lipinski definition) is 20. The molecule has 31 heteroatoms. The van der Waals surface area contributed by atoms with Crippen molar-refractivity contribution in [3.63, 3.8) is 0 Å². The first-order chi connectivity index (χ1) is 36.0. The number of anilines is 2. The number of carbonyl (C=O) groups excluding carboxylic acids is 3. The highest BCUT2D eigenvalue weighted by Gasteiger charge is 2.54. The molecule has 2 saturated heterocycles. The lowest BCUT2D eigenvalue weighted by molar-refractivity contribution is -0.119. The molecule has 5 aromatic rings. The van der Waals surface area contributed by atoms with Crippen molar-refractivity contribution in [1.82, 2.24) is 44.4 Å². The van der Waals surface area contributed by atoms with E-state index in [1.165, 1.54) is 21.8 Å². The number of nitrogens with one attached hydrogen (secondary N) is 5. The van der Waals surface area contributed by atoms with Crippen molar-refractivity contribution in [1.29, 1.82) is 5.26 Å². The van der Waals surface area contributed by atoms with Crippen LogP contribution in [-0.4, -0.2) is 132 Å². The van der Waals surface area contributed by atoms with Crippen molar-refractivity contribution in [2.75, 3.05) is 30.5 Å². The first-order valence-corrected chi connectivity index (χ1v) is 29.4. The second-order valence-electron chi connectivity index (χ2n) is 19.8. The number of benzene rings is 1. The third kappa shape index (κ3) is 13.4. The zero-order valence-electron chi connectivity index (χ0n) is 43.0. The molecule has 3 amide bonds. The highest BCUT2D eigenvalue weighted by molar-refractivity contribution is 7.41. The van der Waals surface area contributed by atoms with Gasteiger partial charge in [0.05, 0.1) is 45.0 Å². The summed E-state index contributed by atoms with van der Waals surface area (Å²) < 4.78 is 65.5. The highest BCUT2D eigenvalue weighted by Crippen LogP contribution is 2.50. The highest BCUT2D eigenvalue weighted by atomic mass is 31.2. The predicted molar refractivity (Wildman–Crippen MR) is 274 cm³/mol. The van der Waals surface area contributed by atoms with Crippen molar-refractivity contribution in [2.45, 2.75) is 129 Å². The van der Waals surface area contributed by atoms with Crippen molar-refractivity contribution in [3.8, 4) is 6.07 Å². The summed E-state index contributed by atoms with van der Waals surface area (Å²) in [6, 6.07) is 9.34. The fraction of sp³-hybridized carbons (Fsp3) is 0.556. The van der Waals surface area contributed by atoms with Crippen LogP contribution in [0.2, 0.25) is 18.1 Å². The minimum atomic E-state index is -3.84. The second-order valence-corrected chi connectivity index (χ2v) is 26.5. The van der Waals surface area contributed by atoms with Crippen LogP contribution in [-0.2, 0) is 57.5 Å². The monoisotopic (exact) mass is 1120 g/mol. The maximum absolute atomic E-state index is 13.6. The van der Waals surface area contributed by atoms with Gasteiger partial charge in [0.25, 0.3) is 11.1 Å². The van der Waals surface area contributed by atoms with E-state index in [4.69, 9.17) is 36.7 Å². The van der Waals surface area contributed by atoms with Gasteiger partial charge in [0.2, 0.25) is 23.7 Å². The van der Waals surface area contributed by atoms with E-state index in [0.717, 1.165) is 0 Å². The molecule has 4 aromatic heterocycles. The Hall–Kier alpha value is -5.86. The van der Waals surface area contributed by atoms with Crippen molar-refractivity contribution in [3.05, 3.63) is 69.3 Å². The molecular weight excluding hydrogens is 1050 g/mol. The number of aliphatic hydroxyl groups is 1. The Balaban J connectivity index is 1.24. The van der Waals surface area contributed by atoms with Crippen LogP contribution in [0.3, 0.4) is 0 Å². The lowest BCUT2D eigenvalue weighted by atomic mass is 10.1. The van der Waals surface area contributed by atoms with Gasteiger partial charge in [-0.1, -0.05) is 78.8 Å². The molecule has 10 atom stereocenters. The first-order valence-electron chi connectivity index (χ1n) is 24.1. The smallest absolute Gasteiger partial charge is 0.407 e. The maximum atomic E-state index is 13.6. The van der Waals surface area contributed by atoms with Crippen LogP contribution in [0.4, 0.5) is 16.7 Å². The molecule has 0 spiro atoms. The van der Waals surface area contributed by atoms with Gasteiger partial charge in [-0.2, -0.15) is 15.2 Å². The van der Waals surface area contributed by atoms with Crippen LogP contribution in [0.1, 0.15) is 72.9 Å². The van der Waals surface area contributed by atoms with Gasteiger partial charge in [-0.25, -0.2) is 14.8 Å². The molecule has 0 radical (unpaired) electrons. The minimum Gasteiger partial charge on any atom is -0.445 e. The molecule has 2 aliphatic heterocycles. The van der Waals surface area contributed by atoms with Crippen LogP contribution in [0, 0.1) is 23.2 Å². The molecule has 0 bridgehead atoms. The molecule has 6 heterocycles. The van der Waals surface area contributed by atoms with Crippen molar-refractivity contribution >= 4 is 77.3 Å². The molecule has 28 nitrogen and oxygen atoms in total. The Morgan fingerprint density at radius 1 is 0.882 bits per heavy atom. The topological polar surface area (TPSA) is 370 Å². The molecule has 7 rings (SSSR count). The number of amides is 3. The van der Waals surface area contributed by atoms with Crippen molar-refractivity contribution in [2.24, 2.45) is 11.8 Å². The third-order valence-corrected chi connectivity index (χ3v) is 18.8. The lowest BCUT2D eigenvalue weighted by Gasteiger charge is -2.40. The summed E-state index contributed by atoms with van der Waals surface area (Å²) in [5.41, 5.74) is -1.15. The van der Waals surface area contributed by atoms with E-state index in [2.05, 4.69) is 45.9 Å². The molecule has 412 valence electrons. The van der Waals surface area contributed by atoms with E-state index >= 15 is 0 Å². The number of aromatic amines is 2. The minimum absolute atomic E-state index is 0.00836. The standard InChI is InChI=1S/C45H62N12O16P2Si/c1-23(2)36(59)52-42-50-34-29(38(61)54-42)47-21-56(34)40-28(49-44(63)66-19-25-14-11-10-12-15-25)31(71-74(64)65)27(70-40)20-68-75(67-17-13-16-46)72-32-26(18-58)69-41(33(32)73-76(8,9)45(5,6)7)57-22-48-30-35(57)51-43(55-39(30)62)53-37(60)24(3)4/h10-12,14-15,21-24,26-28,31-33,40-41,58,74H,13,17-20H2,1-9H3,(H,49,63)(H,64,65)(H2,50,52,54,59,61)(H2,51,53,55,60,62)/t26-,27-,28-,31-,32-,33-,40-,41-,75?/m1/s1. The Morgan fingerprint density at radius 2 is 1.45 bits per heavy atom. The molecule has 0 saturated carbocycles. The van der Waals surface area contributed by atoms with E-state index in [1.54, 1.807) is 58.0 Å². The Morgan fingerprint density at radius 3 is 1.97 bits per heavy atom. The van der Waals surface area contributed by atoms with Crippen LogP contribution < -0.4 is 27.1 Å². The van der Waals surface area contributed by atoms with E-state index in [9.17, 15) is 43.8 Å². The normalized spacial score (nSPS) is 22.7. The Labute approximate surface area is 437 Å². The summed E-state index contributed by atoms with van der Waals surface area (Å²) in [4.78, 5) is 98.4. The Kier molecular flexibility index (Phi) is 18.7. The third-order valence-electron chi connectivity index (χ3n) is 12.7. The average molecular weight is 1120 g/mol. The van der Waals surface area contributed by atoms with Crippen LogP contribution >= 0.6 is 16.9 Å². The molecule has 1 aromatic carbocycles. The molecular formula is C45H62N12O16P2Si. The number of H-pyrrole nitrogens is 2. The number of carbonyl (C=O) groups is 3. The van der Waals surface area contributed by atoms with E-state index < -0.39 is 133 Å². The van der Waals surface area contributed by atoms with Gasteiger partial charge < -0.3 is 52.0 Å². The zero-order chi connectivity index (χ0) is 55.2.